The van der Waals surface area contributed by atoms with E-state index in [0.717, 1.165) is 12.1 Å². The molecule has 0 nitrogen and oxygen atoms in total. The second-order valence-electron chi connectivity index (χ2n) is 3.79. The summed E-state index contributed by atoms with van der Waals surface area (Å²) >= 11 is 7.51. The Labute approximate surface area is 125 Å². The third-order valence-electron chi connectivity index (χ3n) is 2.54. The van der Waals surface area contributed by atoms with Crippen molar-refractivity contribution in [2.75, 3.05) is 0 Å². The van der Waals surface area contributed by atoms with Crippen molar-refractivity contribution in [2.24, 2.45) is 0 Å². The summed E-state index contributed by atoms with van der Waals surface area (Å²) in [5, 5.41) is -0.120. The molecule has 0 heterocycles. The van der Waals surface area contributed by atoms with E-state index in [1.165, 1.54) is 24.3 Å². The van der Waals surface area contributed by atoms with Gasteiger partial charge in [-0.15, -0.1) is 0 Å². The zero-order valence-corrected chi connectivity index (χ0v) is 12.1. The van der Waals surface area contributed by atoms with Crippen LogP contribution in [0.15, 0.2) is 36.4 Å². The maximum atomic E-state index is 13.9. The van der Waals surface area contributed by atoms with Crippen LogP contribution in [0.1, 0.15) is 5.56 Å². The van der Waals surface area contributed by atoms with Crippen LogP contribution in [0.5, 0.6) is 0 Å². The molecule has 0 aliphatic carbocycles. The minimum atomic E-state index is -4.46. The van der Waals surface area contributed by atoms with Crippen molar-refractivity contribution >= 4 is 34.2 Å². The monoisotopic (exact) mass is 400 g/mol. The first-order valence-corrected chi connectivity index (χ1v) is 6.57. The molecule has 0 aromatic heterocycles. The maximum absolute atomic E-state index is 13.9. The molecule has 0 unspecified atom stereocenters. The van der Waals surface area contributed by atoms with Gasteiger partial charge in [0.25, 0.3) is 0 Å². The van der Waals surface area contributed by atoms with Crippen LogP contribution < -0.4 is 0 Å². The second kappa shape index (κ2) is 5.28. The minimum Gasteiger partial charge on any atom is -0.205 e. The predicted molar refractivity (Wildman–Crippen MR) is 74.6 cm³/mol. The van der Waals surface area contributed by atoms with E-state index in [1.807, 2.05) is 22.6 Å². The molecule has 0 amide bonds. The molecule has 0 aliphatic heterocycles. The Kier molecular flexibility index (Phi) is 4.06. The fraction of sp³-hybridized carbons (Fsp3) is 0.0769. The highest BCUT2D eigenvalue weighted by atomic mass is 127. The van der Waals surface area contributed by atoms with Crippen LogP contribution in [-0.2, 0) is 6.18 Å². The van der Waals surface area contributed by atoms with Gasteiger partial charge in [0.05, 0.1) is 10.6 Å². The quantitative estimate of drug-likeness (QED) is 0.421. The Hall–Kier alpha value is -0.820. The number of rotatable bonds is 1. The summed E-state index contributed by atoms with van der Waals surface area (Å²) in [5.74, 6) is -0.721. The van der Waals surface area contributed by atoms with E-state index in [4.69, 9.17) is 11.6 Å². The molecule has 19 heavy (non-hydrogen) atoms. The summed E-state index contributed by atoms with van der Waals surface area (Å²) in [5.41, 5.74) is -0.583. The molecule has 2 rings (SSSR count). The van der Waals surface area contributed by atoms with E-state index in [2.05, 4.69) is 0 Å². The molecule has 6 heteroatoms. The van der Waals surface area contributed by atoms with E-state index in [0.29, 0.717) is 3.57 Å². The predicted octanol–water partition coefficient (Wildman–Crippen LogP) is 5.77. The van der Waals surface area contributed by atoms with Gasteiger partial charge in [0.15, 0.2) is 0 Å². The summed E-state index contributed by atoms with van der Waals surface area (Å²) in [4.78, 5) is 0. The van der Waals surface area contributed by atoms with Crippen molar-refractivity contribution in [3.63, 3.8) is 0 Å². The Morgan fingerprint density at radius 1 is 1.00 bits per heavy atom. The van der Waals surface area contributed by atoms with Gasteiger partial charge < -0.3 is 0 Å². The van der Waals surface area contributed by atoms with Gasteiger partial charge >= 0.3 is 6.18 Å². The smallest absolute Gasteiger partial charge is 0.205 e. The lowest BCUT2D eigenvalue weighted by Crippen LogP contribution is -2.05. The Morgan fingerprint density at radius 2 is 1.68 bits per heavy atom. The third kappa shape index (κ3) is 3.02. The molecule has 0 bridgehead atoms. The van der Waals surface area contributed by atoms with Gasteiger partial charge in [0, 0.05) is 9.13 Å². The maximum Gasteiger partial charge on any atom is 0.416 e. The highest BCUT2D eigenvalue weighted by Gasteiger charge is 2.31. The highest BCUT2D eigenvalue weighted by molar-refractivity contribution is 14.1. The first-order valence-electron chi connectivity index (χ1n) is 5.12. The Balaban J connectivity index is 2.65. The summed E-state index contributed by atoms with van der Waals surface area (Å²) in [7, 11) is 0. The Morgan fingerprint density at radius 3 is 2.32 bits per heavy atom. The van der Waals surface area contributed by atoms with Crippen LogP contribution in [0, 0.1) is 9.39 Å². The lowest BCUT2D eigenvalue weighted by atomic mass is 10.0. The van der Waals surface area contributed by atoms with E-state index < -0.39 is 17.6 Å². The fourth-order valence-electron chi connectivity index (χ4n) is 1.62. The van der Waals surface area contributed by atoms with Gasteiger partial charge in [-0.1, -0.05) is 23.7 Å². The zero-order valence-electron chi connectivity index (χ0n) is 9.23. The lowest BCUT2D eigenvalue weighted by Gasteiger charge is -2.12. The minimum absolute atomic E-state index is 0.0583. The van der Waals surface area contributed by atoms with Gasteiger partial charge in [-0.05, 0) is 52.4 Å². The summed E-state index contributed by atoms with van der Waals surface area (Å²) in [6.45, 7) is 0. The molecule has 0 spiro atoms. The van der Waals surface area contributed by atoms with Gasteiger partial charge in [-0.3, -0.25) is 0 Å². The highest BCUT2D eigenvalue weighted by Crippen LogP contribution is 2.36. The van der Waals surface area contributed by atoms with Crippen molar-refractivity contribution in [3.05, 3.63) is 56.4 Å². The molecular weight excluding hydrogens is 394 g/mol. The SMILES string of the molecule is Fc1c(Cl)cccc1-c1cc(C(F)(F)F)ccc1I. The molecule has 2 aromatic rings. The van der Waals surface area contributed by atoms with Crippen LogP contribution >= 0.6 is 34.2 Å². The van der Waals surface area contributed by atoms with Crippen molar-refractivity contribution < 1.29 is 17.6 Å². The molecule has 100 valence electrons. The normalized spacial score (nSPS) is 11.7. The molecule has 2 aromatic carbocycles. The fourth-order valence-corrected chi connectivity index (χ4v) is 2.42. The largest absolute Gasteiger partial charge is 0.416 e. The zero-order chi connectivity index (χ0) is 14.2. The summed E-state index contributed by atoms with van der Waals surface area (Å²) in [6, 6.07) is 7.44. The van der Waals surface area contributed by atoms with Crippen molar-refractivity contribution in [2.45, 2.75) is 6.18 Å². The van der Waals surface area contributed by atoms with Crippen LogP contribution in [0.4, 0.5) is 17.6 Å². The van der Waals surface area contributed by atoms with E-state index in [-0.39, 0.29) is 16.1 Å². The molecule has 0 fully saturated rings. The van der Waals surface area contributed by atoms with Crippen molar-refractivity contribution in [1.82, 2.24) is 0 Å². The van der Waals surface area contributed by atoms with E-state index >= 15 is 0 Å². The molecule has 0 saturated heterocycles. The summed E-state index contributed by atoms with van der Waals surface area (Å²) in [6.07, 6.45) is -4.46. The molecule has 0 N–H and O–H groups in total. The Bertz CT molecular complexity index is 623. The topological polar surface area (TPSA) is 0 Å². The third-order valence-corrected chi connectivity index (χ3v) is 3.77. The summed E-state index contributed by atoms with van der Waals surface area (Å²) < 4.78 is 52.4. The number of hydrogen-bond donors (Lipinski definition) is 0. The molecule has 0 radical (unpaired) electrons. The van der Waals surface area contributed by atoms with Crippen LogP contribution in [0.2, 0.25) is 5.02 Å². The van der Waals surface area contributed by atoms with E-state index in [1.54, 1.807) is 0 Å². The average Bonchev–Trinajstić information content (AvgIpc) is 2.32. The number of halogens is 6. The number of hydrogen-bond acceptors (Lipinski definition) is 0. The second-order valence-corrected chi connectivity index (χ2v) is 5.36. The first kappa shape index (κ1) is 14.6. The van der Waals surface area contributed by atoms with Gasteiger partial charge in [0.1, 0.15) is 5.82 Å². The van der Waals surface area contributed by atoms with Crippen LogP contribution in [-0.4, -0.2) is 0 Å². The number of benzene rings is 2. The molecule has 0 aliphatic rings. The lowest BCUT2D eigenvalue weighted by molar-refractivity contribution is -0.137. The number of alkyl halides is 3. The first-order chi connectivity index (χ1) is 8.80. The van der Waals surface area contributed by atoms with E-state index in [9.17, 15) is 17.6 Å². The van der Waals surface area contributed by atoms with Gasteiger partial charge in [-0.2, -0.15) is 13.2 Å². The van der Waals surface area contributed by atoms with Crippen molar-refractivity contribution in [3.8, 4) is 11.1 Å². The van der Waals surface area contributed by atoms with Crippen molar-refractivity contribution in [1.29, 1.82) is 0 Å². The average molecular weight is 401 g/mol. The van der Waals surface area contributed by atoms with Crippen LogP contribution in [0.3, 0.4) is 0 Å². The van der Waals surface area contributed by atoms with Crippen LogP contribution in [0.25, 0.3) is 11.1 Å². The van der Waals surface area contributed by atoms with Gasteiger partial charge in [0.2, 0.25) is 0 Å². The molecule has 0 saturated carbocycles. The molecular formula is C13H6ClF4I. The standard InChI is InChI=1S/C13H6ClF4I/c14-10-3-1-2-8(12(10)15)9-6-7(13(16,17)18)4-5-11(9)19/h1-6H. The van der Waals surface area contributed by atoms with Gasteiger partial charge in [-0.25, -0.2) is 4.39 Å². The molecule has 0 atom stereocenters.